The largest absolute Gasteiger partial charge is 0.486 e. The standard InChI is InChI=1S/C18H19NO3S/c1-19(18(20)17-9-12-5-4-8-16(12)23-17)10-13-11-21-14-6-2-3-7-15(14)22-13/h2-3,6-7,9,13H,4-5,8,10-11H2,1H3/t13-/m1/s1. The number of amides is 1. The summed E-state index contributed by atoms with van der Waals surface area (Å²) in [4.78, 5) is 16.6. The minimum Gasteiger partial charge on any atom is -0.486 e. The quantitative estimate of drug-likeness (QED) is 0.868. The van der Waals surface area contributed by atoms with Crippen molar-refractivity contribution in [2.75, 3.05) is 20.2 Å². The van der Waals surface area contributed by atoms with Crippen molar-refractivity contribution in [3.8, 4) is 11.5 Å². The van der Waals surface area contributed by atoms with Gasteiger partial charge in [-0.1, -0.05) is 12.1 Å². The summed E-state index contributed by atoms with van der Waals surface area (Å²) in [5, 5.41) is 0. The molecule has 0 spiro atoms. The van der Waals surface area contributed by atoms with Gasteiger partial charge in [0.15, 0.2) is 17.6 Å². The highest BCUT2D eigenvalue weighted by Gasteiger charge is 2.26. The van der Waals surface area contributed by atoms with Crippen LogP contribution in [0.4, 0.5) is 0 Å². The number of rotatable bonds is 3. The minimum atomic E-state index is -0.134. The van der Waals surface area contributed by atoms with E-state index in [-0.39, 0.29) is 12.0 Å². The summed E-state index contributed by atoms with van der Waals surface area (Å²) >= 11 is 1.65. The van der Waals surface area contributed by atoms with Gasteiger partial charge in [-0.05, 0) is 43.0 Å². The number of ether oxygens (including phenoxy) is 2. The maximum absolute atomic E-state index is 12.6. The van der Waals surface area contributed by atoms with Crippen molar-refractivity contribution in [1.82, 2.24) is 4.90 Å². The molecular formula is C18H19NO3S. The molecule has 1 atom stereocenters. The van der Waals surface area contributed by atoms with E-state index >= 15 is 0 Å². The van der Waals surface area contributed by atoms with Gasteiger partial charge in [-0.2, -0.15) is 0 Å². The Labute approximate surface area is 139 Å². The molecular weight excluding hydrogens is 310 g/mol. The van der Waals surface area contributed by atoms with Gasteiger partial charge in [-0.25, -0.2) is 0 Å². The fourth-order valence-electron chi connectivity index (χ4n) is 3.16. The molecule has 2 aliphatic rings. The van der Waals surface area contributed by atoms with Crippen LogP contribution in [0.25, 0.3) is 0 Å². The summed E-state index contributed by atoms with van der Waals surface area (Å²) in [6, 6.07) is 9.71. The van der Waals surface area contributed by atoms with Crippen LogP contribution in [0.3, 0.4) is 0 Å². The van der Waals surface area contributed by atoms with Crippen LogP contribution in [0.15, 0.2) is 30.3 Å². The Morgan fingerprint density at radius 2 is 2.13 bits per heavy atom. The van der Waals surface area contributed by atoms with Crippen LogP contribution in [0, 0.1) is 0 Å². The molecule has 4 nitrogen and oxygen atoms in total. The molecule has 4 rings (SSSR count). The van der Waals surface area contributed by atoms with E-state index in [1.807, 2.05) is 31.3 Å². The van der Waals surface area contributed by atoms with E-state index in [4.69, 9.17) is 9.47 Å². The van der Waals surface area contributed by atoms with Crippen LogP contribution in [0.1, 0.15) is 26.5 Å². The number of thiophene rings is 1. The fraction of sp³-hybridized carbons (Fsp3) is 0.389. The van der Waals surface area contributed by atoms with E-state index in [0.717, 1.165) is 29.2 Å². The lowest BCUT2D eigenvalue weighted by Crippen LogP contribution is -2.41. The number of carbonyl (C=O) groups is 1. The Kier molecular flexibility index (Phi) is 3.73. The second kappa shape index (κ2) is 5.89. The Hall–Kier alpha value is -2.01. The van der Waals surface area contributed by atoms with Gasteiger partial charge in [0.2, 0.25) is 0 Å². The van der Waals surface area contributed by atoms with Gasteiger partial charge < -0.3 is 14.4 Å². The summed E-state index contributed by atoms with van der Waals surface area (Å²) in [7, 11) is 1.83. The lowest BCUT2D eigenvalue weighted by atomic mass is 10.2. The number of aryl methyl sites for hydroxylation is 2. The summed E-state index contributed by atoms with van der Waals surface area (Å²) in [5.74, 6) is 1.60. The molecule has 0 radical (unpaired) electrons. The molecule has 2 heterocycles. The molecule has 1 aromatic carbocycles. The molecule has 5 heteroatoms. The Morgan fingerprint density at radius 1 is 1.30 bits per heavy atom. The number of hydrogen-bond acceptors (Lipinski definition) is 4. The van der Waals surface area contributed by atoms with E-state index in [1.165, 1.54) is 16.9 Å². The van der Waals surface area contributed by atoms with Crippen LogP contribution >= 0.6 is 11.3 Å². The predicted octanol–water partition coefficient (Wildman–Crippen LogP) is 3.15. The van der Waals surface area contributed by atoms with Crippen molar-refractivity contribution in [2.24, 2.45) is 0 Å². The maximum atomic E-state index is 12.6. The van der Waals surface area contributed by atoms with E-state index in [9.17, 15) is 4.79 Å². The third-order valence-corrected chi connectivity index (χ3v) is 5.57. The molecule has 0 saturated heterocycles. The molecule has 1 aromatic heterocycles. The molecule has 2 aromatic rings. The molecule has 120 valence electrons. The number of benzene rings is 1. The average molecular weight is 329 g/mol. The first-order valence-electron chi connectivity index (χ1n) is 7.96. The SMILES string of the molecule is CN(C[C@@H]1COc2ccccc2O1)C(=O)c1cc2c(s1)CCC2. The highest BCUT2D eigenvalue weighted by Crippen LogP contribution is 2.32. The van der Waals surface area contributed by atoms with E-state index in [2.05, 4.69) is 6.07 Å². The summed E-state index contributed by atoms with van der Waals surface area (Å²) in [5.41, 5.74) is 1.36. The summed E-state index contributed by atoms with van der Waals surface area (Å²) in [6.07, 6.45) is 3.32. The van der Waals surface area contributed by atoms with E-state index in [0.29, 0.717) is 13.2 Å². The molecule has 1 aliphatic heterocycles. The third-order valence-electron chi connectivity index (χ3n) is 4.35. The minimum absolute atomic E-state index is 0.0758. The van der Waals surface area contributed by atoms with Gasteiger partial charge in [-0.3, -0.25) is 4.79 Å². The number of nitrogens with zero attached hydrogens (tertiary/aromatic N) is 1. The summed E-state index contributed by atoms with van der Waals surface area (Å²) in [6.45, 7) is 0.991. The highest BCUT2D eigenvalue weighted by molar-refractivity contribution is 7.14. The normalized spacial score (nSPS) is 18.6. The first-order chi connectivity index (χ1) is 11.2. The van der Waals surface area contributed by atoms with Gasteiger partial charge in [0, 0.05) is 11.9 Å². The van der Waals surface area contributed by atoms with Crippen molar-refractivity contribution >= 4 is 17.2 Å². The molecule has 0 saturated carbocycles. The topological polar surface area (TPSA) is 38.8 Å². The maximum Gasteiger partial charge on any atom is 0.263 e. The van der Waals surface area contributed by atoms with E-state index < -0.39 is 0 Å². The van der Waals surface area contributed by atoms with Gasteiger partial charge >= 0.3 is 0 Å². The Morgan fingerprint density at radius 3 is 2.96 bits per heavy atom. The lowest BCUT2D eigenvalue weighted by molar-refractivity contribution is 0.0524. The second-order valence-corrected chi connectivity index (χ2v) is 7.23. The smallest absolute Gasteiger partial charge is 0.263 e. The zero-order valence-electron chi connectivity index (χ0n) is 13.1. The predicted molar refractivity (Wildman–Crippen MR) is 89.7 cm³/mol. The number of likely N-dealkylation sites (N-methyl/N-ethyl adjacent to an activating group) is 1. The zero-order chi connectivity index (χ0) is 15.8. The molecule has 1 aliphatic carbocycles. The monoisotopic (exact) mass is 329 g/mol. The number of carbonyl (C=O) groups excluding carboxylic acids is 1. The fourth-order valence-corrected chi connectivity index (χ4v) is 4.41. The second-order valence-electron chi connectivity index (χ2n) is 6.10. The van der Waals surface area contributed by atoms with Crippen LogP contribution in [0.2, 0.25) is 0 Å². The van der Waals surface area contributed by atoms with Crippen molar-refractivity contribution in [1.29, 1.82) is 0 Å². The highest BCUT2D eigenvalue weighted by atomic mass is 32.1. The number of hydrogen-bond donors (Lipinski definition) is 0. The summed E-state index contributed by atoms with van der Waals surface area (Å²) < 4.78 is 11.6. The third kappa shape index (κ3) is 2.81. The van der Waals surface area contributed by atoms with Crippen molar-refractivity contribution in [3.05, 3.63) is 45.6 Å². The van der Waals surface area contributed by atoms with Crippen LogP contribution in [-0.4, -0.2) is 37.1 Å². The van der Waals surface area contributed by atoms with Crippen molar-refractivity contribution < 1.29 is 14.3 Å². The van der Waals surface area contributed by atoms with Crippen molar-refractivity contribution in [3.63, 3.8) is 0 Å². The molecule has 0 N–H and O–H groups in total. The van der Waals surface area contributed by atoms with Gasteiger partial charge in [0.05, 0.1) is 11.4 Å². The number of para-hydroxylation sites is 2. The van der Waals surface area contributed by atoms with Gasteiger partial charge in [0.25, 0.3) is 5.91 Å². The Balaban J connectivity index is 1.41. The first-order valence-corrected chi connectivity index (χ1v) is 8.78. The van der Waals surface area contributed by atoms with E-state index in [1.54, 1.807) is 16.2 Å². The first kappa shape index (κ1) is 14.6. The lowest BCUT2D eigenvalue weighted by Gasteiger charge is -2.29. The Bertz CT molecular complexity index is 718. The zero-order valence-corrected chi connectivity index (χ0v) is 13.9. The van der Waals surface area contributed by atoms with Crippen LogP contribution in [0.5, 0.6) is 11.5 Å². The van der Waals surface area contributed by atoms with Crippen LogP contribution < -0.4 is 9.47 Å². The molecule has 0 unspecified atom stereocenters. The van der Waals surface area contributed by atoms with Gasteiger partial charge in [0.1, 0.15) is 6.61 Å². The molecule has 23 heavy (non-hydrogen) atoms. The average Bonchev–Trinajstić information content (AvgIpc) is 3.15. The molecule has 1 amide bonds. The van der Waals surface area contributed by atoms with Gasteiger partial charge in [-0.15, -0.1) is 11.3 Å². The molecule has 0 fully saturated rings. The van der Waals surface area contributed by atoms with Crippen molar-refractivity contribution in [2.45, 2.75) is 25.4 Å². The number of fused-ring (bicyclic) bond motifs is 2. The molecule has 0 bridgehead atoms. The van der Waals surface area contributed by atoms with Crippen LogP contribution in [-0.2, 0) is 12.8 Å².